The molecule has 0 spiro atoms. The lowest BCUT2D eigenvalue weighted by molar-refractivity contribution is -0.383. The maximum absolute atomic E-state index is 12.4. The summed E-state index contributed by atoms with van der Waals surface area (Å²) in [6.45, 7) is 2.98. The highest BCUT2D eigenvalue weighted by molar-refractivity contribution is 6.31. The van der Waals surface area contributed by atoms with Gasteiger partial charge >= 0.3 is 0 Å². The average Bonchev–Trinajstić information content (AvgIpc) is 2.94. The van der Waals surface area contributed by atoms with E-state index in [1.807, 2.05) is 23.1 Å². The van der Waals surface area contributed by atoms with Gasteiger partial charge in [0.25, 0.3) is 5.69 Å². The van der Waals surface area contributed by atoms with Gasteiger partial charge in [-0.05, 0) is 30.7 Å². The van der Waals surface area contributed by atoms with Crippen LogP contribution in [0.4, 0.5) is 17.1 Å². The van der Waals surface area contributed by atoms with Crippen LogP contribution in [0.3, 0.4) is 0 Å². The fourth-order valence-corrected chi connectivity index (χ4v) is 3.53. The van der Waals surface area contributed by atoms with Gasteiger partial charge in [-0.3, -0.25) is 19.8 Å². The Morgan fingerprint density at radius 2 is 2.00 bits per heavy atom. The first-order chi connectivity index (χ1) is 14.0. The van der Waals surface area contributed by atoms with Crippen molar-refractivity contribution in [2.45, 2.75) is 6.42 Å². The number of amides is 1. The molecule has 1 fully saturated rings. The van der Waals surface area contributed by atoms with Crippen molar-refractivity contribution in [3.63, 3.8) is 0 Å². The predicted octanol–water partition coefficient (Wildman–Crippen LogP) is 3.27. The zero-order chi connectivity index (χ0) is 20.8. The standard InChI is InChI=1S/C20H20ClN5O3/c21-16-6-7-17(19(12-16)26(28)29)23-20(27)14-24-8-3-9-25(11-10-24)18-5-2-1-4-15(18)13-22/h1-2,4-7,12H,3,8-11,14H2,(H,23,27). The summed E-state index contributed by atoms with van der Waals surface area (Å²) in [6.07, 6.45) is 0.841. The Hall–Kier alpha value is -3.15. The van der Waals surface area contributed by atoms with E-state index in [1.54, 1.807) is 6.07 Å². The summed E-state index contributed by atoms with van der Waals surface area (Å²) in [6, 6.07) is 13.8. The Labute approximate surface area is 173 Å². The predicted molar refractivity (Wildman–Crippen MR) is 111 cm³/mol. The molecular formula is C20H20ClN5O3. The van der Waals surface area contributed by atoms with Crippen molar-refractivity contribution in [3.8, 4) is 6.07 Å². The number of anilines is 2. The van der Waals surface area contributed by atoms with Crippen LogP contribution in [0, 0.1) is 21.4 Å². The first-order valence-corrected chi connectivity index (χ1v) is 9.56. The fraction of sp³-hybridized carbons (Fsp3) is 0.300. The van der Waals surface area contributed by atoms with Crippen LogP contribution in [0.5, 0.6) is 0 Å². The van der Waals surface area contributed by atoms with E-state index in [0.29, 0.717) is 18.7 Å². The fourth-order valence-electron chi connectivity index (χ4n) is 3.37. The van der Waals surface area contributed by atoms with Crippen LogP contribution in [0.1, 0.15) is 12.0 Å². The molecule has 0 unspecified atom stereocenters. The number of rotatable bonds is 5. The number of nitro groups is 1. The molecule has 9 heteroatoms. The highest BCUT2D eigenvalue weighted by Crippen LogP contribution is 2.27. The van der Waals surface area contributed by atoms with E-state index in [2.05, 4.69) is 16.3 Å². The van der Waals surface area contributed by atoms with E-state index >= 15 is 0 Å². The van der Waals surface area contributed by atoms with Crippen molar-refractivity contribution in [3.05, 3.63) is 63.2 Å². The summed E-state index contributed by atoms with van der Waals surface area (Å²) >= 11 is 5.81. The molecule has 1 saturated heterocycles. The molecule has 29 heavy (non-hydrogen) atoms. The molecule has 2 aromatic carbocycles. The van der Waals surface area contributed by atoms with E-state index in [9.17, 15) is 20.2 Å². The Morgan fingerprint density at radius 1 is 1.21 bits per heavy atom. The van der Waals surface area contributed by atoms with Crippen LogP contribution in [-0.2, 0) is 4.79 Å². The summed E-state index contributed by atoms with van der Waals surface area (Å²) in [7, 11) is 0. The number of hydrogen-bond acceptors (Lipinski definition) is 6. The normalized spacial score (nSPS) is 14.7. The van der Waals surface area contributed by atoms with Crippen LogP contribution in [0.2, 0.25) is 5.02 Å². The number of hydrogen-bond donors (Lipinski definition) is 1. The average molecular weight is 414 g/mol. The number of carbonyl (C=O) groups is 1. The van der Waals surface area contributed by atoms with Gasteiger partial charge in [0, 0.05) is 37.3 Å². The smallest absolute Gasteiger partial charge is 0.294 e. The molecule has 3 rings (SSSR count). The molecule has 1 aliphatic rings. The highest BCUT2D eigenvalue weighted by Gasteiger charge is 2.21. The SMILES string of the molecule is N#Cc1ccccc1N1CCCN(CC(=O)Nc2ccc(Cl)cc2[N+](=O)[O-])CC1. The zero-order valence-corrected chi connectivity index (χ0v) is 16.4. The Balaban J connectivity index is 1.61. The lowest BCUT2D eigenvalue weighted by atomic mass is 10.1. The topological polar surface area (TPSA) is 103 Å². The molecule has 0 atom stereocenters. The molecule has 0 saturated carbocycles. The minimum Gasteiger partial charge on any atom is -0.369 e. The van der Waals surface area contributed by atoms with Crippen LogP contribution < -0.4 is 10.2 Å². The summed E-state index contributed by atoms with van der Waals surface area (Å²) in [5, 5.41) is 23.3. The minimum atomic E-state index is -0.571. The van der Waals surface area contributed by atoms with Crippen molar-refractivity contribution in [1.82, 2.24) is 4.90 Å². The first kappa shape index (κ1) is 20.6. The van der Waals surface area contributed by atoms with E-state index < -0.39 is 4.92 Å². The maximum atomic E-state index is 12.4. The van der Waals surface area contributed by atoms with Gasteiger partial charge in [0.15, 0.2) is 0 Å². The number of nitriles is 1. The molecule has 0 radical (unpaired) electrons. The second kappa shape index (κ2) is 9.37. The third-order valence-electron chi connectivity index (χ3n) is 4.75. The van der Waals surface area contributed by atoms with Gasteiger partial charge in [0.2, 0.25) is 5.91 Å². The van der Waals surface area contributed by atoms with E-state index in [1.165, 1.54) is 18.2 Å². The van der Waals surface area contributed by atoms with Crippen molar-refractivity contribution in [2.75, 3.05) is 42.9 Å². The maximum Gasteiger partial charge on any atom is 0.294 e. The number of nitrogens with zero attached hydrogens (tertiary/aromatic N) is 4. The lowest BCUT2D eigenvalue weighted by Crippen LogP contribution is -2.36. The second-order valence-electron chi connectivity index (χ2n) is 6.71. The van der Waals surface area contributed by atoms with Gasteiger partial charge in [-0.25, -0.2) is 0 Å². The number of carbonyl (C=O) groups excluding carboxylic acids is 1. The van der Waals surface area contributed by atoms with Crippen LogP contribution in [-0.4, -0.2) is 48.5 Å². The molecule has 8 nitrogen and oxygen atoms in total. The Kier molecular flexibility index (Phi) is 6.65. The van der Waals surface area contributed by atoms with E-state index in [0.717, 1.165) is 25.2 Å². The van der Waals surface area contributed by atoms with Gasteiger partial charge in [-0.1, -0.05) is 23.7 Å². The third kappa shape index (κ3) is 5.22. The minimum absolute atomic E-state index is 0.129. The molecule has 1 aliphatic heterocycles. The van der Waals surface area contributed by atoms with Gasteiger partial charge in [0.05, 0.1) is 22.7 Å². The molecule has 0 bridgehead atoms. The first-order valence-electron chi connectivity index (χ1n) is 9.18. The quantitative estimate of drug-likeness (QED) is 0.596. The molecule has 1 heterocycles. The van der Waals surface area contributed by atoms with Crippen molar-refractivity contribution < 1.29 is 9.72 Å². The van der Waals surface area contributed by atoms with Crippen LogP contribution in [0.25, 0.3) is 0 Å². The lowest BCUT2D eigenvalue weighted by Gasteiger charge is -2.24. The van der Waals surface area contributed by atoms with Crippen molar-refractivity contribution >= 4 is 34.6 Å². The number of nitro benzene ring substituents is 1. The molecule has 1 N–H and O–H groups in total. The largest absolute Gasteiger partial charge is 0.369 e. The van der Waals surface area contributed by atoms with Crippen LogP contribution in [0.15, 0.2) is 42.5 Å². The van der Waals surface area contributed by atoms with Gasteiger partial charge in [-0.2, -0.15) is 5.26 Å². The molecule has 150 valence electrons. The second-order valence-corrected chi connectivity index (χ2v) is 7.15. The van der Waals surface area contributed by atoms with E-state index in [-0.39, 0.29) is 28.8 Å². The van der Waals surface area contributed by atoms with Crippen molar-refractivity contribution in [2.24, 2.45) is 0 Å². The Morgan fingerprint density at radius 3 is 2.76 bits per heavy atom. The summed E-state index contributed by atoms with van der Waals surface area (Å²) in [4.78, 5) is 27.2. The number of nitrogens with one attached hydrogen (secondary N) is 1. The zero-order valence-electron chi connectivity index (χ0n) is 15.7. The molecule has 2 aromatic rings. The van der Waals surface area contributed by atoms with Gasteiger partial charge < -0.3 is 10.2 Å². The third-order valence-corrected chi connectivity index (χ3v) is 4.99. The van der Waals surface area contributed by atoms with Gasteiger partial charge in [0.1, 0.15) is 11.8 Å². The molecular weight excluding hydrogens is 394 g/mol. The van der Waals surface area contributed by atoms with Crippen molar-refractivity contribution in [1.29, 1.82) is 5.26 Å². The summed E-state index contributed by atoms with van der Waals surface area (Å²) in [5.74, 6) is -0.318. The highest BCUT2D eigenvalue weighted by atomic mass is 35.5. The number of para-hydroxylation sites is 1. The van der Waals surface area contributed by atoms with E-state index in [4.69, 9.17) is 11.6 Å². The number of benzene rings is 2. The molecule has 0 aromatic heterocycles. The Bertz CT molecular complexity index is 959. The monoisotopic (exact) mass is 413 g/mol. The molecule has 1 amide bonds. The molecule has 0 aliphatic carbocycles. The van der Waals surface area contributed by atoms with Gasteiger partial charge in [-0.15, -0.1) is 0 Å². The number of halogens is 1. The van der Waals surface area contributed by atoms with Crippen LogP contribution >= 0.6 is 11.6 Å². The summed E-state index contributed by atoms with van der Waals surface area (Å²) in [5.41, 5.74) is 1.43. The summed E-state index contributed by atoms with van der Waals surface area (Å²) < 4.78 is 0.